The molecule has 0 aliphatic heterocycles. The number of amides is 1. The molecule has 1 aliphatic rings. The van der Waals surface area contributed by atoms with Gasteiger partial charge in [0.1, 0.15) is 5.75 Å². The highest BCUT2D eigenvalue weighted by atomic mass is 32.1. The Labute approximate surface area is 163 Å². The summed E-state index contributed by atoms with van der Waals surface area (Å²) in [5.74, 6) is 1.21. The van der Waals surface area contributed by atoms with E-state index in [1.807, 2.05) is 31.2 Å². The molecule has 0 bridgehead atoms. The maximum absolute atomic E-state index is 12.2. The lowest BCUT2D eigenvalue weighted by atomic mass is 9.84. The molecule has 0 saturated heterocycles. The van der Waals surface area contributed by atoms with Crippen molar-refractivity contribution in [3.8, 4) is 5.75 Å². The van der Waals surface area contributed by atoms with Gasteiger partial charge in [0.15, 0.2) is 11.7 Å². The van der Waals surface area contributed by atoms with Gasteiger partial charge in [-0.3, -0.25) is 10.1 Å². The zero-order valence-electron chi connectivity index (χ0n) is 15.5. The number of anilines is 1. The van der Waals surface area contributed by atoms with Gasteiger partial charge in [0.2, 0.25) is 0 Å². The van der Waals surface area contributed by atoms with Crippen molar-refractivity contribution >= 4 is 32.6 Å². The van der Waals surface area contributed by atoms with Gasteiger partial charge in [-0.2, -0.15) is 0 Å². The summed E-state index contributed by atoms with van der Waals surface area (Å²) in [5.41, 5.74) is 3.47. The zero-order valence-corrected chi connectivity index (χ0v) is 16.3. The summed E-state index contributed by atoms with van der Waals surface area (Å²) in [6.45, 7) is 2.03. The van der Waals surface area contributed by atoms with E-state index in [9.17, 15) is 4.79 Å². The number of nitrogens with zero attached hydrogens (tertiary/aromatic N) is 1. The monoisotopic (exact) mass is 380 g/mol. The minimum Gasteiger partial charge on any atom is -0.484 e. The predicted octanol–water partition coefficient (Wildman–Crippen LogP) is 5.67. The fraction of sp³-hybridized carbons (Fsp3) is 0.364. The molecule has 0 unspecified atom stereocenters. The number of rotatable bonds is 5. The predicted molar refractivity (Wildman–Crippen MR) is 111 cm³/mol. The molecular weight excluding hydrogens is 356 g/mol. The number of carbonyl (C=O) groups is 1. The third-order valence-corrected chi connectivity index (χ3v) is 6.05. The normalized spacial score (nSPS) is 15.0. The van der Waals surface area contributed by atoms with Crippen LogP contribution in [-0.2, 0) is 4.79 Å². The number of carbonyl (C=O) groups excluding carboxylic acids is 1. The molecule has 1 aliphatic carbocycles. The van der Waals surface area contributed by atoms with Crippen molar-refractivity contribution in [1.82, 2.24) is 4.98 Å². The van der Waals surface area contributed by atoms with Crippen molar-refractivity contribution in [2.45, 2.75) is 44.9 Å². The molecule has 0 radical (unpaired) electrons. The molecule has 4 nitrogen and oxygen atoms in total. The van der Waals surface area contributed by atoms with Gasteiger partial charge in [0, 0.05) is 0 Å². The molecule has 2 aromatic carbocycles. The summed E-state index contributed by atoms with van der Waals surface area (Å²) >= 11 is 1.48. The Hall–Kier alpha value is -2.40. The lowest BCUT2D eigenvalue weighted by molar-refractivity contribution is -0.118. The van der Waals surface area contributed by atoms with E-state index in [-0.39, 0.29) is 12.5 Å². The van der Waals surface area contributed by atoms with E-state index >= 15 is 0 Å². The lowest BCUT2D eigenvalue weighted by Gasteiger charge is -2.22. The zero-order chi connectivity index (χ0) is 18.6. The topological polar surface area (TPSA) is 51.2 Å². The van der Waals surface area contributed by atoms with E-state index in [1.54, 1.807) is 0 Å². The van der Waals surface area contributed by atoms with Gasteiger partial charge < -0.3 is 4.74 Å². The Morgan fingerprint density at radius 1 is 1.15 bits per heavy atom. The lowest BCUT2D eigenvalue weighted by Crippen LogP contribution is -2.20. The van der Waals surface area contributed by atoms with Crippen molar-refractivity contribution in [3.63, 3.8) is 0 Å². The minimum absolute atomic E-state index is 0.0161. The molecule has 1 saturated carbocycles. The summed E-state index contributed by atoms with van der Waals surface area (Å²) in [7, 11) is 0. The van der Waals surface area contributed by atoms with E-state index in [0.717, 1.165) is 16.0 Å². The van der Waals surface area contributed by atoms with Crippen LogP contribution in [0.4, 0.5) is 5.13 Å². The second kappa shape index (κ2) is 8.09. The van der Waals surface area contributed by atoms with Crippen molar-refractivity contribution in [2.24, 2.45) is 0 Å². The first kappa shape index (κ1) is 18.0. The Morgan fingerprint density at radius 2 is 1.93 bits per heavy atom. The maximum Gasteiger partial charge on any atom is 0.264 e. The standard InChI is InChI=1S/C22H24N2O2S/c1-15-7-12-19-20(13-15)27-22(23-19)24-21(25)14-26-18-10-8-17(9-11-18)16-5-3-2-4-6-16/h7-13,16H,2-6,14H2,1H3,(H,23,24,25). The quantitative estimate of drug-likeness (QED) is 0.620. The van der Waals surface area contributed by atoms with Crippen LogP contribution >= 0.6 is 11.3 Å². The largest absolute Gasteiger partial charge is 0.484 e. The molecule has 1 N–H and O–H groups in total. The number of fused-ring (bicyclic) bond motifs is 1. The molecule has 1 aromatic heterocycles. The molecule has 5 heteroatoms. The van der Waals surface area contributed by atoms with Crippen molar-refractivity contribution in [2.75, 3.05) is 11.9 Å². The van der Waals surface area contributed by atoms with Crippen LogP contribution in [0, 0.1) is 6.92 Å². The second-order valence-electron chi connectivity index (χ2n) is 7.23. The highest BCUT2D eigenvalue weighted by Crippen LogP contribution is 2.33. The molecule has 1 heterocycles. The first-order valence-corrected chi connectivity index (χ1v) is 10.4. The van der Waals surface area contributed by atoms with E-state index in [1.165, 1.54) is 54.6 Å². The third-order valence-electron chi connectivity index (χ3n) is 5.12. The fourth-order valence-electron chi connectivity index (χ4n) is 3.66. The number of aromatic nitrogens is 1. The van der Waals surface area contributed by atoms with Crippen molar-refractivity contribution < 1.29 is 9.53 Å². The van der Waals surface area contributed by atoms with Crippen LogP contribution in [-0.4, -0.2) is 17.5 Å². The van der Waals surface area contributed by atoms with Gasteiger partial charge in [-0.25, -0.2) is 4.98 Å². The molecule has 27 heavy (non-hydrogen) atoms. The highest BCUT2D eigenvalue weighted by molar-refractivity contribution is 7.22. The van der Waals surface area contributed by atoms with Crippen LogP contribution in [0.3, 0.4) is 0 Å². The molecule has 1 fully saturated rings. The van der Waals surface area contributed by atoms with E-state index < -0.39 is 0 Å². The summed E-state index contributed by atoms with van der Waals surface area (Å²) in [6.07, 6.45) is 6.58. The number of hydrogen-bond acceptors (Lipinski definition) is 4. The van der Waals surface area contributed by atoms with E-state index in [0.29, 0.717) is 11.0 Å². The number of hydrogen-bond donors (Lipinski definition) is 1. The second-order valence-corrected chi connectivity index (χ2v) is 8.26. The van der Waals surface area contributed by atoms with E-state index in [4.69, 9.17) is 4.74 Å². The molecule has 3 aromatic rings. The van der Waals surface area contributed by atoms with E-state index in [2.05, 4.69) is 28.5 Å². The van der Waals surface area contributed by atoms with Gasteiger partial charge in [-0.05, 0) is 61.1 Å². The number of aryl methyl sites for hydroxylation is 1. The summed E-state index contributed by atoms with van der Waals surface area (Å²) < 4.78 is 6.71. The highest BCUT2D eigenvalue weighted by Gasteiger charge is 2.15. The van der Waals surface area contributed by atoms with Crippen LogP contribution in [0.25, 0.3) is 10.2 Å². The maximum atomic E-state index is 12.2. The molecule has 0 atom stereocenters. The molecule has 4 rings (SSSR count). The Kier molecular flexibility index (Phi) is 5.39. The minimum atomic E-state index is -0.192. The van der Waals surface area contributed by atoms with Crippen LogP contribution in [0.2, 0.25) is 0 Å². The Morgan fingerprint density at radius 3 is 2.70 bits per heavy atom. The average Bonchev–Trinajstić information content (AvgIpc) is 3.08. The van der Waals surface area contributed by atoms with Gasteiger partial charge in [-0.15, -0.1) is 0 Å². The Balaban J connectivity index is 1.31. The van der Waals surface area contributed by atoms with Crippen molar-refractivity contribution in [3.05, 3.63) is 53.6 Å². The number of nitrogens with one attached hydrogen (secondary N) is 1. The first-order valence-electron chi connectivity index (χ1n) is 9.57. The van der Waals surface area contributed by atoms with Crippen LogP contribution < -0.4 is 10.1 Å². The van der Waals surface area contributed by atoms with Gasteiger partial charge in [0.25, 0.3) is 5.91 Å². The van der Waals surface area contributed by atoms with Crippen molar-refractivity contribution in [1.29, 1.82) is 0 Å². The summed E-state index contributed by atoms with van der Waals surface area (Å²) in [4.78, 5) is 16.6. The third kappa shape index (κ3) is 4.48. The number of benzene rings is 2. The summed E-state index contributed by atoms with van der Waals surface area (Å²) in [5, 5.41) is 3.44. The average molecular weight is 381 g/mol. The number of thiazole rings is 1. The number of ether oxygens (including phenoxy) is 1. The van der Waals surface area contributed by atoms with Crippen LogP contribution in [0.5, 0.6) is 5.75 Å². The smallest absolute Gasteiger partial charge is 0.264 e. The molecular formula is C22H24N2O2S. The first-order chi connectivity index (χ1) is 13.2. The molecule has 0 spiro atoms. The molecule has 140 valence electrons. The molecule has 1 amide bonds. The van der Waals surface area contributed by atoms with Crippen LogP contribution in [0.1, 0.15) is 49.1 Å². The van der Waals surface area contributed by atoms with Gasteiger partial charge >= 0.3 is 0 Å². The van der Waals surface area contributed by atoms with Gasteiger partial charge in [-0.1, -0.05) is 48.8 Å². The van der Waals surface area contributed by atoms with Gasteiger partial charge in [0.05, 0.1) is 10.2 Å². The fourth-order valence-corrected chi connectivity index (χ4v) is 4.64. The summed E-state index contributed by atoms with van der Waals surface area (Å²) in [6, 6.07) is 14.3. The van der Waals surface area contributed by atoms with Crippen LogP contribution in [0.15, 0.2) is 42.5 Å². The Bertz CT molecular complexity index is 927. The SMILES string of the molecule is Cc1ccc2nc(NC(=O)COc3ccc(C4CCCCC4)cc3)sc2c1.